The lowest BCUT2D eigenvalue weighted by atomic mass is 10.2. The van der Waals surface area contributed by atoms with Gasteiger partial charge in [0.2, 0.25) is 12.8 Å². The largest absolute Gasteiger partial charge is 0.477 e. The first-order valence-electron chi connectivity index (χ1n) is 14.4. The maximum Gasteiger partial charge on any atom is 0.352 e. The van der Waals surface area contributed by atoms with E-state index in [1.807, 2.05) is 9.97 Å². The molecule has 3 heterocycles. The number of carbonyl (C=O) groups is 3. The lowest BCUT2D eigenvalue weighted by Crippen LogP contribution is -2.24. The molecule has 0 aliphatic carbocycles. The maximum absolute atomic E-state index is 12.0. The number of carboxylic acids is 1. The summed E-state index contributed by atoms with van der Waals surface area (Å²) in [5.41, 5.74) is 12.5. The first-order valence-corrected chi connectivity index (χ1v) is 16.5. The summed E-state index contributed by atoms with van der Waals surface area (Å²) in [7, 11) is 2.69. The van der Waals surface area contributed by atoms with E-state index in [-0.39, 0.29) is 26.3 Å². The third kappa shape index (κ3) is 12.5. The molecule has 9 N–H and O–H groups in total. The number of aryl methyl sites for hydroxylation is 2. The number of nitrogen functional groups attached to an aromatic ring is 2. The molecule has 0 aromatic carbocycles. The van der Waals surface area contributed by atoms with E-state index < -0.39 is 22.9 Å². The van der Waals surface area contributed by atoms with Crippen molar-refractivity contribution in [3.8, 4) is 0 Å². The number of nitrogens with one attached hydrogen (secondary N) is 2. The average molecular weight is 719 g/mol. The van der Waals surface area contributed by atoms with Gasteiger partial charge in [-0.15, -0.1) is 0 Å². The molecule has 0 fully saturated rings. The molecular weight excluding hydrogens is 681 g/mol. The van der Waals surface area contributed by atoms with E-state index in [4.69, 9.17) is 16.6 Å². The predicted molar refractivity (Wildman–Crippen MR) is 184 cm³/mol. The van der Waals surface area contributed by atoms with Crippen LogP contribution in [0.1, 0.15) is 60.0 Å². The normalized spacial score (nSPS) is 11.8. The second-order valence-corrected chi connectivity index (χ2v) is 12.4. The molecule has 2 amide bonds. The van der Waals surface area contributed by atoms with E-state index in [9.17, 15) is 34.2 Å². The number of allylic oxidation sites excluding steroid dienone is 2. The molecule has 20 heteroatoms. The molecule has 0 bridgehead atoms. The van der Waals surface area contributed by atoms with Gasteiger partial charge in [-0.3, -0.25) is 19.4 Å². The summed E-state index contributed by atoms with van der Waals surface area (Å²) >= 11 is 0. The van der Waals surface area contributed by atoms with E-state index in [1.165, 1.54) is 31.4 Å². The van der Waals surface area contributed by atoms with Crippen LogP contribution in [0.25, 0.3) is 0 Å². The second-order valence-electron chi connectivity index (χ2n) is 10.1. The number of aromatic amines is 2. The van der Waals surface area contributed by atoms with Crippen molar-refractivity contribution >= 4 is 52.0 Å². The Balaban J connectivity index is 0.000000639. The van der Waals surface area contributed by atoms with Crippen LogP contribution >= 0.6 is 21.6 Å². The molecule has 0 radical (unpaired) electrons. The minimum Gasteiger partial charge on any atom is -0.477 e. The van der Waals surface area contributed by atoms with Crippen molar-refractivity contribution in [3.05, 3.63) is 89.0 Å². The van der Waals surface area contributed by atoms with Gasteiger partial charge in [-0.2, -0.15) is 0 Å². The van der Waals surface area contributed by atoms with E-state index in [0.29, 0.717) is 71.5 Å². The fourth-order valence-electron chi connectivity index (χ4n) is 3.88. The summed E-state index contributed by atoms with van der Waals surface area (Å²) < 4.78 is 0. The number of anilines is 2. The van der Waals surface area contributed by atoms with Crippen LogP contribution in [0, 0.1) is 13.8 Å². The minimum absolute atomic E-state index is 0.131. The Morgan fingerprint density at radius 3 is 1.59 bits per heavy atom. The van der Waals surface area contributed by atoms with Gasteiger partial charge >= 0.3 is 11.7 Å². The number of aromatic nitrogens is 6. The van der Waals surface area contributed by atoms with Crippen molar-refractivity contribution in [2.24, 2.45) is 0 Å². The van der Waals surface area contributed by atoms with Gasteiger partial charge in [-0.1, -0.05) is 21.6 Å². The summed E-state index contributed by atoms with van der Waals surface area (Å²) in [6, 6.07) is 0.795. The molecule has 0 saturated carbocycles. The van der Waals surface area contributed by atoms with Crippen LogP contribution in [0.2, 0.25) is 0 Å². The number of aliphatic hydroxyl groups is 2. The lowest BCUT2D eigenvalue weighted by molar-refractivity contribution is -0.117. The summed E-state index contributed by atoms with van der Waals surface area (Å²) in [6.45, 7) is 7.08. The predicted octanol–water partition coefficient (Wildman–Crippen LogP) is 1.04. The van der Waals surface area contributed by atoms with Gasteiger partial charge in [-0.25, -0.2) is 29.5 Å². The zero-order valence-corrected chi connectivity index (χ0v) is 28.8. The molecule has 0 spiro atoms. The Morgan fingerprint density at radius 2 is 1.27 bits per heavy atom. The number of nitrogens with two attached hydrogens (primary N) is 2. The minimum atomic E-state index is -1.34. The molecule has 0 saturated heterocycles. The Kier molecular flexibility index (Phi) is 16.1. The fraction of sp³-hybridized carbons (Fsp3) is 0.345. The number of aromatic carboxylic acids is 1. The summed E-state index contributed by atoms with van der Waals surface area (Å²) in [4.78, 5) is 79.8. The van der Waals surface area contributed by atoms with E-state index >= 15 is 0 Å². The molecule has 3 rings (SSSR count). The zero-order valence-electron chi connectivity index (χ0n) is 27.2. The molecule has 0 unspecified atom stereocenters. The first-order chi connectivity index (χ1) is 23.2. The van der Waals surface area contributed by atoms with Gasteiger partial charge in [0, 0.05) is 76.8 Å². The van der Waals surface area contributed by atoms with Gasteiger partial charge in [0.1, 0.15) is 29.0 Å². The average Bonchev–Trinajstić information content (AvgIpc) is 3.04. The lowest BCUT2D eigenvalue weighted by Gasteiger charge is -2.24. The van der Waals surface area contributed by atoms with Crippen molar-refractivity contribution < 1.29 is 29.7 Å². The van der Waals surface area contributed by atoms with Crippen molar-refractivity contribution in [1.29, 1.82) is 0 Å². The summed E-state index contributed by atoms with van der Waals surface area (Å²) in [5.74, 6) is 0.308. The number of aliphatic hydroxyl groups excluding tert-OH is 2. The summed E-state index contributed by atoms with van der Waals surface area (Å²) in [5, 5.41) is 27.7. The van der Waals surface area contributed by atoms with E-state index in [0.717, 1.165) is 15.9 Å². The van der Waals surface area contributed by atoms with E-state index in [1.54, 1.807) is 40.1 Å². The van der Waals surface area contributed by atoms with Gasteiger partial charge < -0.3 is 41.6 Å². The van der Waals surface area contributed by atoms with Crippen LogP contribution in [0.4, 0.5) is 11.6 Å². The quantitative estimate of drug-likeness (QED) is 0.0804. The number of rotatable bonds is 16. The van der Waals surface area contributed by atoms with Crippen molar-refractivity contribution in [2.45, 2.75) is 53.6 Å². The molecule has 49 heavy (non-hydrogen) atoms. The van der Waals surface area contributed by atoms with Crippen LogP contribution < -0.4 is 22.7 Å². The van der Waals surface area contributed by atoms with Crippen LogP contribution in [0.5, 0.6) is 0 Å². The Hall–Kier alpha value is -5.05. The number of H-pyrrole nitrogens is 2. The van der Waals surface area contributed by atoms with Gasteiger partial charge in [0.25, 0.3) is 5.56 Å². The van der Waals surface area contributed by atoms with E-state index in [2.05, 4.69) is 19.9 Å². The van der Waals surface area contributed by atoms with Gasteiger partial charge in [0.05, 0.1) is 13.1 Å². The maximum atomic E-state index is 12.0. The molecule has 3 aromatic heterocycles. The second kappa shape index (κ2) is 19.7. The highest BCUT2D eigenvalue weighted by molar-refractivity contribution is 8.79. The van der Waals surface area contributed by atoms with Crippen molar-refractivity contribution in [1.82, 2.24) is 39.7 Å². The third-order valence-electron chi connectivity index (χ3n) is 6.55. The molecule has 0 aliphatic heterocycles. The topological polar surface area (TPSA) is 288 Å². The molecule has 264 valence electrons. The molecule has 18 nitrogen and oxygen atoms in total. The number of hydrogen-bond donors (Lipinski definition) is 7. The van der Waals surface area contributed by atoms with Gasteiger partial charge in [-0.05, 0) is 27.7 Å². The SMILES string of the molecule is CC(=C(CCO)SSC(CCO)=C(C)N(C=O)Cc1cnc(C)nc1N)N(C=O)Cc1cnc(C)nc1N.O=C(O)c1cc(=O)[nH]c(=O)[nH]1. The Labute approximate surface area is 288 Å². The van der Waals surface area contributed by atoms with Crippen molar-refractivity contribution in [3.63, 3.8) is 0 Å². The third-order valence-corrected chi connectivity index (χ3v) is 9.49. The highest BCUT2D eigenvalue weighted by Gasteiger charge is 2.18. The molecule has 3 aromatic rings. The number of carboxylic acid groups (broad SMARTS) is 1. The Bertz CT molecular complexity index is 1690. The van der Waals surface area contributed by atoms with Crippen LogP contribution in [0.3, 0.4) is 0 Å². The Morgan fingerprint density at radius 1 is 0.837 bits per heavy atom. The fourth-order valence-corrected chi connectivity index (χ4v) is 6.73. The standard InChI is InChI=1S/C24H34N8O4S2.C5H4N2O4/c1-15(31(13-35)11-19-9-27-17(3)29-23(19)25)21(5-7-33)37-38-22(6-8-34)16(2)32(14-36)12-20-10-28-18(4)30-24(20)26;8-3-1-2(4(9)10)6-5(11)7-3/h9-10,13-14,33-34H,5-8,11-12H2,1-4H3,(H2,25,27,29)(H2,26,28,30);1H,(H,9,10)(H2,6,7,8,11). The van der Waals surface area contributed by atoms with Crippen molar-refractivity contribution in [2.75, 3.05) is 24.7 Å². The highest BCUT2D eigenvalue weighted by Crippen LogP contribution is 2.42. The highest BCUT2D eigenvalue weighted by atomic mass is 33.1. The van der Waals surface area contributed by atoms with Crippen LogP contribution in [-0.4, -0.2) is 87.0 Å². The monoisotopic (exact) mass is 718 g/mol. The molecule has 0 aliphatic rings. The smallest absolute Gasteiger partial charge is 0.352 e. The summed E-state index contributed by atoms with van der Waals surface area (Å²) in [6.07, 6.45) is 5.15. The first kappa shape index (κ1) is 40.1. The number of hydrogen-bond acceptors (Lipinski definition) is 15. The van der Waals surface area contributed by atoms with Crippen LogP contribution in [-0.2, 0) is 22.7 Å². The zero-order chi connectivity index (χ0) is 36.7. The molecular formula is C29H38N10O8S2. The van der Waals surface area contributed by atoms with Crippen LogP contribution in [0.15, 0.2) is 49.3 Å². The van der Waals surface area contributed by atoms with Gasteiger partial charge in [0.15, 0.2) is 0 Å². The number of amides is 2. The molecule has 0 atom stereocenters. The number of carbonyl (C=O) groups excluding carboxylic acids is 2. The number of nitrogens with zero attached hydrogens (tertiary/aromatic N) is 6.